The first kappa shape index (κ1) is 12.9. The molecular formula is C14H20N2O2. The Bertz CT molecular complexity index is 445. The molecular weight excluding hydrogens is 228 g/mol. The number of nitrogens with zero attached hydrogens (tertiary/aromatic N) is 1. The average Bonchev–Trinajstić information content (AvgIpc) is 2.53. The largest absolute Gasteiger partial charge is 0.399 e. The number of carbonyl (C=O) groups is 1. The monoisotopic (exact) mass is 248 g/mol. The number of carbonyl (C=O) groups excluding carboxylic acids is 1. The van der Waals surface area contributed by atoms with Gasteiger partial charge in [-0.2, -0.15) is 0 Å². The molecule has 0 aromatic heterocycles. The van der Waals surface area contributed by atoms with Gasteiger partial charge in [-0.3, -0.25) is 4.79 Å². The summed E-state index contributed by atoms with van der Waals surface area (Å²) in [6, 6.07) is 5.42. The van der Waals surface area contributed by atoms with Gasteiger partial charge < -0.3 is 15.4 Å². The number of aryl methyl sites for hydroxylation is 1. The second kappa shape index (κ2) is 5.40. The normalized spacial score (nSPS) is 20.6. The van der Waals surface area contributed by atoms with Crippen molar-refractivity contribution >= 4 is 11.6 Å². The molecule has 1 aromatic rings. The summed E-state index contributed by atoms with van der Waals surface area (Å²) >= 11 is 0. The molecule has 2 rings (SSSR count). The molecule has 4 heteroatoms. The first-order valence-electron chi connectivity index (χ1n) is 6.35. The Hall–Kier alpha value is -1.55. The molecule has 1 aromatic carbocycles. The first-order chi connectivity index (χ1) is 8.58. The third-order valence-electron chi connectivity index (χ3n) is 3.22. The van der Waals surface area contributed by atoms with Crippen LogP contribution in [-0.4, -0.2) is 36.6 Å². The van der Waals surface area contributed by atoms with Gasteiger partial charge in [0.15, 0.2) is 0 Å². The third kappa shape index (κ3) is 2.82. The van der Waals surface area contributed by atoms with E-state index < -0.39 is 0 Å². The maximum atomic E-state index is 12.5. The number of rotatable bonds is 1. The van der Waals surface area contributed by atoms with E-state index in [4.69, 9.17) is 10.5 Å². The second-order valence-electron chi connectivity index (χ2n) is 4.86. The molecule has 1 saturated heterocycles. The number of benzene rings is 1. The van der Waals surface area contributed by atoms with Gasteiger partial charge in [-0.25, -0.2) is 0 Å². The van der Waals surface area contributed by atoms with Crippen LogP contribution < -0.4 is 5.73 Å². The van der Waals surface area contributed by atoms with Gasteiger partial charge in [0.05, 0.1) is 6.10 Å². The van der Waals surface area contributed by atoms with Crippen LogP contribution in [0.2, 0.25) is 0 Å². The minimum atomic E-state index is 0.0739. The maximum Gasteiger partial charge on any atom is 0.254 e. The number of nitrogen functional groups attached to an aromatic ring is 1. The van der Waals surface area contributed by atoms with Crippen molar-refractivity contribution in [3.8, 4) is 0 Å². The summed E-state index contributed by atoms with van der Waals surface area (Å²) in [6.45, 7) is 6.06. The Morgan fingerprint density at radius 3 is 3.00 bits per heavy atom. The number of hydrogen-bond acceptors (Lipinski definition) is 3. The molecule has 98 valence electrons. The Morgan fingerprint density at radius 2 is 2.28 bits per heavy atom. The predicted molar refractivity (Wildman–Crippen MR) is 71.5 cm³/mol. The highest BCUT2D eigenvalue weighted by atomic mass is 16.5. The number of hydrogen-bond donors (Lipinski definition) is 1. The lowest BCUT2D eigenvalue weighted by Crippen LogP contribution is -2.36. The molecule has 1 unspecified atom stereocenters. The van der Waals surface area contributed by atoms with Crippen LogP contribution in [0.4, 0.5) is 5.69 Å². The first-order valence-corrected chi connectivity index (χ1v) is 6.35. The van der Waals surface area contributed by atoms with Crippen molar-refractivity contribution in [3.63, 3.8) is 0 Å². The van der Waals surface area contributed by atoms with Crippen molar-refractivity contribution in [2.24, 2.45) is 0 Å². The van der Waals surface area contributed by atoms with Crippen LogP contribution in [0.25, 0.3) is 0 Å². The second-order valence-corrected chi connectivity index (χ2v) is 4.86. The summed E-state index contributed by atoms with van der Waals surface area (Å²) in [4.78, 5) is 14.3. The van der Waals surface area contributed by atoms with Crippen LogP contribution in [0.3, 0.4) is 0 Å². The zero-order valence-corrected chi connectivity index (χ0v) is 11.0. The van der Waals surface area contributed by atoms with Crippen molar-refractivity contribution in [3.05, 3.63) is 29.3 Å². The van der Waals surface area contributed by atoms with Crippen LogP contribution in [0.5, 0.6) is 0 Å². The predicted octanol–water partition coefficient (Wildman–Crippen LogP) is 1.83. The van der Waals surface area contributed by atoms with E-state index in [2.05, 4.69) is 0 Å². The fraction of sp³-hybridized carbons (Fsp3) is 0.500. The SMILES string of the molecule is Cc1cc(N)ccc1C(=O)N1CCCOC(C)C1. The summed E-state index contributed by atoms with van der Waals surface area (Å²) in [5.41, 5.74) is 8.06. The highest BCUT2D eigenvalue weighted by molar-refractivity contribution is 5.96. The fourth-order valence-electron chi connectivity index (χ4n) is 2.28. The van der Waals surface area contributed by atoms with Crippen LogP contribution in [0.15, 0.2) is 18.2 Å². The van der Waals surface area contributed by atoms with Gasteiger partial charge >= 0.3 is 0 Å². The van der Waals surface area contributed by atoms with Crippen molar-refractivity contribution in [1.82, 2.24) is 4.90 Å². The van der Waals surface area contributed by atoms with Gasteiger partial charge in [-0.05, 0) is 44.0 Å². The van der Waals surface area contributed by atoms with Crippen LogP contribution in [0.1, 0.15) is 29.3 Å². The van der Waals surface area contributed by atoms with Crippen molar-refractivity contribution < 1.29 is 9.53 Å². The number of nitrogens with two attached hydrogens (primary N) is 1. The van der Waals surface area contributed by atoms with E-state index in [1.165, 1.54) is 0 Å². The molecule has 1 amide bonds. The molecule has 1 aliphatic heterocycles. The summed E-state index contributed by atoms with van der Waals surface area (Å²) in [6.07, 6.45) is 0.995. The minimum absolute atomic E-state index is 0.0739. The average molecular weight is 248 g/mol. The Morgan fingerprint density at radius 1 is 1.50 bits per heavy atom. The standard InChI is InChI=1S/C14H20N2O2/c1-10-8-12(15)4-5-13(10)14(17)16-6-3-7-18-11(2)9-16/h4-5,8,11H,3,6-7,9,15H2,1-2H3. The molecule has 2 N–H and O–H groups in total. The van der Waals surface area contributed by atoms with Crippen LogP contribution in [0, 0.1) is 6.92 Å². The summed E-state index contributed by atoms with van der Waals surface area (Å²) in [7, 11) is 0. The van der Waals surface area contributed by atoms with Gasteiger partial charge in [0, 0.05) is 30.9 Å². The van der Waals surface area contributed by atoms with Crippen molar-refractivity contribution in [1.29, 1.82) is 0 Å². The van der Waals surface area contributed by atoms with E-state index in [0.29, 0.717) is 12.2 Å². The number of anilines is 1. The van der Waals surface area contributed by atoms with Gasteiger partial charge in [0.2, 0.25) is 0 Å². The molecule has 0 radical (unpaired) electrons. The Labute approximate surface area is 108 Å². The van der Waals surface area contributed by atoms with Crippen molar-refractivity contribution in [2.45, 2.75) is 26.4 Å². The van der Waals surface area contributed by atoms with E-state index in [9.17, 15) is 4.79 Å². The summed E-state index contributed by atoms with van der Waals surface area (Å²) < 4.78 is 5.55. The molecule has 4 nitrogen and oxygen atoms in total. The van der Waals surface area contributed by atoms with E-state index in [-0.39, 0.29) is 12.0 Å². The van der Waals surface area contributed by atoms with Gasteiger partial charge in [-0.15, -0.1) is 0 Å². The zero-order chi connectivity index (χ0) is 13.1. The van der Waals surface area contributed by atoms with Gasteiger partial charge in [0.1, 0.15) is 0 Å². The van der Waals surface area contributed by atoms with Crippen molar-refractivity contribution in [2.75, 3.05) is 25.4 Å². The topological polar surface area (TPSA) is 55.6 Å². The number of ether oxygens (including phenoxy) is 1. The van der Waals surface area contributed by atoms with Gasteiger partial charge in [-0.1, -0.05) is 0 Å². The lowest BCUT2D eigenvalue weighted by molar-refractivity contribution is 0.0562. The zero-order valence-electron chi connectivity index (χ0n) is 11.0. The lowest BCUT2D eigenvalue weighted by atomic mass is 10.1. The third-order valence-corrected chi connectivity index (χ3v) is 3.22. The maximum absolute atomic E-state index is 12.5. The Balaban J connectivity index is 2.19. The molecule has 1 aliphatic rings. The number of amides is 1. The minimum Gasteiger partial charge on any atom is -0.399 e. The van der Waals surface area contributed by atoms with E-state index in [1.54, 1.807) is 6.07 Å². The molecule has 0 bridgehead atoms. The van der Waals surface area contributed by atoms with Crippen LogP contribution in [-0.2, 0) is 4.74 Å². The molecule has 1 atom stereocenters. The lowest BCUT2D eigenvalue weighted by Gasteiger charge is -2.23. The highest BCUT2D eigenvalue weighted by Gasteiger charge is 2.22. The summed E-state index contributed by atoms with van der Waals surface area (Å²) in [5, 5.41) is 0. The molecule has 1 heterocycles. The van der Waals surface area contributed by atoms with E-state index in [1.807, 2.05) is 30.9 Å². The molecule has 0 spiro atoms. The molecule has 18 heavy (non-hydrogen) atoms. The van der Waals surface area contributed by atoms with Crippen LogP contribution >= 0.6 is 0 Å². The quantitative estimate of drug-likeness (QED) is 0.771. The Kier molecular flexibility index (Phi) is 3.87. The highest BCUT2D eigenvalue weighted by Crippen LogP contribution is 2.16. The molecule has 0 saturated carbocycles. The van der Waals surface area contributed by atoms with E-state index >= 15 is 0 Å². The molecule has 0 aliphatic carbocycles. The van der Waals surface area contributed by atoms with E-state index in [0.717, 1.165) is 30.7 Å². The fourth-order valence-corrected chi connectivity index (χ4v) is 2.28. The summed E-state index contributed by atoms with van der Waals surface area (Å²) in [5.74, 6) is 0.0739. The van der Waals surface area contributed by atoms with Gasteiger partial charge in [0.25, 0.3) is 5.91 Å². The smallest absolute Gasteiger partial charge is 0.254 e. The molecule has 1 fully saturated rings.